The molecule has 1 heterocycles. The molecule has 1 aromatic rings. The van der Waals surface area contributed by atoms with Gasteiger partial charge in [-0.1, -0.05) is 28.1 Å². The van der Waals surface area contributed by atoms with Crippen LogP contribution in [0.25, 0.3) is 0 Å². The number of benzene rings is 1. The van der Waals surface area contributed by atoms with Crippen molar-refractivity contribution in [3.05, 3.63) is 35.4 Å². The fourth-order valence-corrected chi connectivity index (χ4v) is 2.57. The number of nitrogens with zero attached hydrogens (tertiary/aromatic N) is 1. The molecule has 92 valence electrons. The quantitative estimate of drug-likeness (QED) is 0.869. The molecule has 17 heavy (non-hydrogen) atoms. The molecule has 0 spiro atoms. The van der Waals surface area contributed by atoms with E-state index in [1.807, 2.05) is 24.3 Å². The summed E-state index contributed by atoms with van der Waals surface area (Å²) in [5.41, 5.74) is 1.86. The smallest absolute Gasteiger partial charge is 0.254 e. The molecule has 1 amide bonds. The Morgan fingerprint density at radius 1 is 1.41 bits per heavy atom. The minimum absolute atomic E-state index is 0.00153. The van der Waals surface area contributed by atoms with Crippen molar-refractivity contribution >= 4 is 21.8 Å². The van der Waals surface area contributed by atoms with E-state index in [2.05, 4.69) is 15.9 Å². The van der Waals surface area contributed by atoms with Crippen molar-refractivity contribution in [2.24, 2.45) is 0 Å². The van der Waals surface area contributed by atoms with E-state index in [1.54, 1.807) is 4.90 Å². The fourth-order valence-electron chi connectivity index (χ4n) is 2.20. The maximum Gasteiger partial charge on any atom is 0.254 e. The third kappa shape index (κ3) is 2.69. The van der Waals surface area contributed by atoms with Crippen molar-refractivity contribution in [3.63, 3.8) is 0 Å². The van der Waals surface area contributed by atoms with E-state index < -0.39 is 0 Å². The molecule has 1 fully saturated rings. The van der Waals surface area contributed by atoms with Crippen LogP contribution in [-0.4, -0.2) is 35.1 Å². The van der Waals surface area contributed by atoms with Gasteiger partial charge in [-0.05, 0) is 30.5 Å². The summed E-state index contributed by atoms with van der Waals surface area (Å²) in [6, 6.07) is 7.60. The van der Waals surface area contributed by atoms with Gasteiger partial charge in [-0.3, -0.25) is 4.79 Å². The molecule has 0 saturated carbocycles. The highest BCUT2D eigenvalue weighted by Crippen LogP contribution is 2.20. The molecule has 1 N–H and O–H groups in total. The molecular formula is C13H16BrNO2. The van der Waals surface area contributed by atoms with Crippen LogP contribution in [0.5, 0.6) is 0 Å². The Morgan fingerprint density at radius 2 is 2.12 bits per heavy atom. The van der Waals surface area contributed by atoms with Gasteiger partial charge >= 0.3 is 0 Å². The van der Waals surface area contributed by atoms with Crippen molar-refractivity contribution in [2.75, 3.05) is 13.2 Å². The number of halogens is 1. The first-order valence-corrected chi connectivity index (χ1v) is 6.95. The summed E-state index contributed by atoms with van der Waals surface area (Å²) in [7, 11) is 0. The second kappa shape index (κ2) is 5.65. The number of amides is 1. The van der Waals surface area contributed by atoms with E-state index in [0.29, 0.717) is 5.56 Å². The van der Waals surface area contributed by atoms with Gasteiger partial charge in [0.15, 0.2) is 0 Å². The van der Waals surface area contributed by atoms with Crippen LogP contribution in [0.15, 0.2) is 24.3 Å². The lowest BCUT2D eigenvalue weighted by Crippen LogP contribution is -2.37. The highest BCUT2D eigenvalue weighted by molar-refractivity contribution is 9.08. The number of hydrogen-bond donors (Lipinski definition) is 1. The number of carbonyl (C=O) groups is 1. The van der Waals surface area contributed by atoms with Crippen LogP contribution >= 0.6 is 15.9 Å². The fraction of sp³-hybridized carbons (Fsp3) is 0.462. The molecule has 2 rings (SSSR count). The van der Waals surface area contributed by atoms with Crippen molar-refractivity contribution in [3.8, 4) is 0 Å². The topological polar surface area (TPSA) is 40.5 Å². The molecule has 1 aromatic carbocycles. The molecule has 1 saturated heterocycles. The largest absolute Gasteiger partial charge is 0.394 e. The highest BCUT2D eigenvalue weighted by Gasteiger charge is 2.28. The minimum atomic E-state index is -0.00153. The van der Waals surface area contributed by atoms with Gasteiger partial charge in [0.1, 0.15) is 0 Å². The van der Waals surface area contributed by atoms with E-state index in [-0.39, 0.29) is 18.6 Å². The summed E-state index contributed by atoms with van der Waals surface area (Å²) < 4.78 is 0. The standard InChI is InChI=1S/C13H16BrNO2/c14-8-10-3-5-11(6-4-10)13(17)15-7-1-2-12(15)9-16/h3-6,12,16H,1-2,7-9H2/t12-/m0/s1. The van der Waals surface area contributed by atoms with Crippen molar-refractivity contribution in [1.29, 1.82) is 0 Å². The maximum absolute atomic E-state index is 12.2. The van der Waals surface area contributed by atoms with Crippen molar-refractivity contribution in [1.82, 2.24) is 4.90 Å². The Labute approximate surface area is 110 Å². The predicted molar refractivity (Wildman–Crippen MR) is 70.2 cm³/mol. The van der Waals surface area contributed by atoms with Gasteiger partial charge in [-0.25, -0.2) is 0 Å². The zero-order valence-electron chi connectivity index (χ0n) is 9.60. The van der Waals surface area contributed by atoms with E-state index in [9.17, 15) is 9.90 Å². The Kier molecular flexibility index (Phi) is 4.18. The third-order valence-electron chi connectivity index (χ3n) is 3.20. The number of alkyl halides is 1. The summed E-state index contributed by atoms with van der Waals surface area (Å²) in [4.78, 5) is 14.0. The van der Waals surface area contributed by atoms with Crippen molar-refractivity contribution < 1.29 is 9.90 Å². The van der Waals surface area contributed by atoms with E-state index in [4.69, 9.17) is 0 Å². The summed E-state index contributed by atoms with van der Waals surface area (Å²) in [6.45, 7) is 0.815. The molecule has 0 unspecified atom stereocenters. The number of carbonyl (C=O) groups excluding carboxylic acids is 1. The first-order valence-electron chi connectivity index (χ1n) is 5.83. The minimum Gasteiger partial charge on any atom is -0.394 e. The van der Waals surface area contributed by atoms with Gasteiger partial charge in [0.25, 0.3) is 5.91 Å². The first-order chi connectivity index (χ1) is 8.26. The summed E-state index contributed by atoms with van der Waals surface area (Å²) in [5, 5.41) is 10.0. The van der Waals surface area contributed by atoms with Gasteiger partial charge in [0.2, 0.25) is 0 Å². The highest BCUT2D eigenvalue weighted by atomic mass is 79.9. The molecular weight excluding hydrogens is 282 g/mol. The molecule has 0 aliphatic carbocycles. The van der Waals surface area contributed by atoms with Crippen LogP contribution < -0.4 is 0 Å². The lowest BCUT2D eigenvalue weighted by molar-refractivity contribution is 0.0677. The summed E-state index contributed by atoms with van der Waals surface area (Å²) in [5.74, 6) is 0.0303. The van der Waals surface area contributed by atoms with E-state index in [0.717, 1.165) is 30.3 Å². The van der Waals surface area contributed by atoms with Crippen LogP contribution in [0.1, 0.15) is 28.8 Å². The van der Waals surface area contributed by atoms with Gasteiger partial charge < -0.3 is 10.0 Å². The van der Waals surface area contributed by atoms with Gasteiger partial charge in [-0.15, -0.1) is 0 Å². The number of rotatable bonds is 3. The maximum atomic E-state index is 12.2. The Balaban J connectivity index is 2.13. The average Bonchev–Trinajstić information content (AvgIpc) is 2.86. The molecule has 0 aromatic heterocycles. The van der Waals surface area contributed by atoms with Crippen molar-refractivity contribution in [2.45, 2.75) is 24.2 Å². The molecule has 4 heteroatoms. The lowest BCUT2D eigenvalue weighted by Gasteiger charge is -2.23. The molecule has 0 bridgehead atoms. The Morgan fingerprint density at radius 3 is 2.71 bits per heavy atom. The second-order valence-corrected chi connectivity index (χ2v) is 4.87. The summed E-state index contributed by atoms with van der Waals surface area (Å²) >= 11 is 3.38. The number of aliphatic hydroxyl groups is 1. The molecule has 0 radical (unpaired) electrons. The van der Waals surface area contributed by atoms with E-state index in [1.165, 1.54) is 0 Å². The third-order valence-corrected chi connectivity index (χ3v) is 3.85. The van der Waals surface area contributed by atoms with Crippen LogP contribution in [-0.2, 0) is 5.33 Å². The van der Waals surface area contributed by atoms with Crippen LogP contribution in [0.4, 0.5) is 0 Å². The first kappa shape index (κ1) is 12.6. The SMILES string of the molecule is O=C(c1ccc(CBr)cc1)N1CCC[C@H]1CO. The molecule has 1 aliphatic heterocycles. The van der Waals surface area contributed by atoms with Crippen LogP contribution in [0, 0.1) is 0 Å². The lowest BCUT2D eigenvalue weighted by atomic mass is 10.1. The zero-order valence-corrected chi connectivity index (χ0v) is 11.2. The Hall–Kier alpha value is -0.870. The summed E-state index contributed by atoms with van der Waals surface area (Å²) in [6.07, 6.45) is 1.89. The Bertz CT molecular complexity index is 391. The van der Waals surface area contributed by atoms with Gasteiger partial charge in [0.05, 0.1) is 12.6 Å². The van der Waals surface area contributed by atoms with Gasteiger partial charge in [0, 0.05) is 17.4 Å². The average molecular weight is 298 g/mol. The predicted octanol–water partition coefficient (Wildman–Crippen LogP) is 2.18. The number of hydrogen-bond acceptors (Lipinski definition) is 2. The zero-order chi connectivity index (χ0) is 12.3. The number of likely N-dealkylation sites (tertiary alicyclic amines) is 1. The number of aliphatic hydroxyl groups excluding tert-OH is 1. The normalized spacial score (nSPS) is 19.6. The molecule has 1 atom stereocenters. The van der Waals surface area contributed by atoms with E-state index >= 15 is 0 Å². The molecule has 3 nitrogen and oxygen atoms in total. The van der Waals surface area contributed by atoms with Crippen LogP contribution in [0.3, 0.4) is 0 Å². The molecule has 1 aliphatic rings. The monoisotopic (exact) mass is 297 g/mol. The second-order valence-electron chi connectivity index (χ2n) is 4.31. The van der Waals surface area contributed by atoms with Crippen LogP contribution in [0.2, 0.25) is 0 Å². The van der Waals surface area contributed by atoms with Gasteiger partial charge in [-0.2, -0.15) is 0 Å².